The van der Waals surface area contributed by atoms with Crippen molar-refractivity contribution in [3.05, 3.63) is 28.8 Å². The van der Waals surface area contributed by atoms with E-state index in [0.29, 0.717) is 0 Å². The predicted molar refractivity (Wildman–Crippen MR) is 68.1 cm³/mol. The van der Waals surface area contributed by atoms with Crippen molar-refractivity contribution < 1.29 is 9.84 Å². The summed E-state index contributed by atoms with van der Waals surface area (Å²) in [5.41, 5.74) is 7.95. The third kappa shape index (κ3) is 1.94. The SMILES string of the molecule is COc1c(C(O)(CN)C2CC2)ccc(C)c1C. The van der Waals surface area contributed by atoms with Crippen molar-refractivity contribution in [3.63, 3.8) is 0 Å². The van der Waals surface area contributed by atoms with Gasteiger partial charge < -0.3 is 15.6 Å². The second kappa shape index (κ2) is 4.31. The quantitative estimate of drug-likeness (QED) is 0.837. The number of aliphatic hydroxyl groups is 1. The van der Waals surface area contributed by atoms with E-state index in [2.05, 4.69) is 0 Å². The molecule has 1 aliphatic rings. The number of aryl methyl sites for hydroxylation is 1. The fourth-order valence-electron chi connectivity index (χ4n) is 2.45. The van der Waals surface area contributed by atoms with Gasteiger partial charge >= 0.3 is 0 Å². The van der Waals surface area contributed by atoms with Crippen LogP contribution in [-0.2, 0) is 5.60 Å². The first-order valence-electron chi connectivity index (χ1n) is 6.11. The summed E-state index contributed by atoms with van der Waals surface area (Å²) in [7, 11) is 1.65. The molecule has 2 rings (SSSR count). The molecule has 0 amide bonds. The van der Waals surface area contributed by atoms with Gasteiger partial charge in [-0.2, -0.15) is 0 Å². The zero-order valence-corrected chi connectivity index (χ0v) is 10.8. The summed E-state index contributed by atoms with van der Waals surface area (Å²) in [6.07, 6.45) is 2.09. The van der Waals surface area contributed by atoms with Crippen molar-refractivity contribution in [1.82, 2.24) is 0 Å². The van der Waals surface area contributed by atoms with Crippen LogP contribution in [0, 0.1) is 19.8 Å². The highest BCUT2D eigenvalue weighted by Gasteiger charge is 2.45. The Balaban J connectivity index is 2.54. The van der Waals surface area contributed by atoms with Gasteiger partial charge in [0.2, 0.25) is 0 Å². The number of nitrogens with two attached hydrogens (primary N) is 1. The molecule has 1 aliphatic carbocycles. The van der Waals surface area contributed by atoms with E-state index in [9.17, 15) is 5.11 Å². The fourth-order valence-corrected chi connectivity index (χ4v) is 2.45. The predicted octanol–water partition coefficient (Wildman–Crippen LogP) is 1.87. The van der Waals surface area contributed by atoms with Gasteiger partial charge in [-0.15, -0.1) is 0 Å². The second-order valence-corrected chi connectivity index (χ2v) is 4.99. The van der Waals surface area contributed by atoms with Crippen LogP contribution in [0.3, 0.4) is 0 Å². The van der Waals surface area contributed by atoms with Crippen LogP contribution in [0.15, 0.2) is 12.1 Å². The molecule has 1 aromatic rings. The molecular weight excluding hydrogens is 214 g/mol. The van der Waals surface area contributed by atoms with Gasteiger partial charge in [-0.1, -0.05) is 12.1 Å². The van der Waals surface area contributed by atoms with Crippen molar-refractivity contribution in [2.24, 2.45) is 11.7 Å². The molecule has 0 aromatic heterocycles. The number of rotatable bonds is 4. The van der Waals surface area contributed by atoms with Gasteiger partial charge in [-0.05, 0) is 43.7 Å². The van der Waals surface area contributed by atoms with Crippen LogP contribution < -0.4 is 10.5 Å². The molecule has 0 heterocycles. The van der Waals surface area contributed by atoms with E-state index >= 15 is 0 Å². The number of benzene rings is 1. The lowest BCUT2D eigenvalue weighted by Gasteiger charge is -2.29. The van der Waals surface area contributed by atoms with Crippen LogP contribution >= 0.6 is 0 Å². The molecule has 1 fully saturated rings. The first-order valence-corrected chi connectivity index (χ1v) is 6.11. The maximum atomic E-state index is 10.8. The molecule has 0 spiro atoms. The number of ether oxygens (including phenoxy) is 1. The Morgan fingerprint density at radius 3 is 2.53 bits per heavy atom. The van der Waals surface area contributed by atoms with E-state index in [1.807, 2.05) is 26.0 Å². The Morgan fingerprint density at radius 2 is 2.06 bits per heavy atom. The fraction of sp³-hybridized carbons (Fsp3) is 0.571. The molecule has 0 bridgehead atoms. The van der Waals surface area contributed by atoms with Crippen LogP contribution in [0.2, 0.25) is 0 Å². The number of hydrogen-bond donors (Lipinski definition) is 2. The van der Waals surface area contributed by atoms with E-state index in [-0.39, 0.29) is 12.5 Å². The molecule has 94 valence electrons. The molecule has 0 aliphatic heterocycles. The van der Waals surface area contributed by atoms with E-state index in [4.69, 9.17) is 10.5 Å². The topological polar surface area (TPSA) is 55.5 Å². The van der Waals surface area contributed by atoms with Crippen molar-refractivity contribution >= 4 is 0 Å². The largest absolute Gasteiger partial charge is 0.496 e. The molecule has 1 aromatic carbocycles. The van der Waals surface area contributed by atoms with Crippen LogP contribution in [0.5, 0.6) is 5.75 Å². The van der Waals surface area contributed by atoms with Crippen LogP contribution in [-0.4, -0.2) is 18.8 Å². The third-order valence-corrected chi connectivity index (χ3v) is 3.91. The lowest BCUT2D eigenvalue weighted by Crippen LogP contribution is -2.37. The van der Waals surface area contributed by atoms with Gasteiger partial charge in [0.25, 0.3) is 0 Å². The monoisotopic (exact) mass is 235 g/mol. The van der Waals surface area contributed by atoms with Gasteiger partial charge in [0.15, 0.2) is 0 Å². The zero-order chi connectivity index (χ0) is 12.6. The first kappa shape index (κ1) is 12.4. The molecular formula is C14H21NO2. The minimum atomic E-state index is -0.927. The highest BCUT2D eigenvalue weighted by atomic mass is 16.5. The molecule has 17 heavy (non-hydrogen) atoms. The van der Waals surface area contributed by atoms with Gasteiger partial charge in [0.05, 0.1) is 7.11 Å². The van der Waals surface area contributed by atoms with Crippen molar-refractivity contribution in [1.29, 1.82) is 0 Å². The van der Waals surface area contributed by atoms with Crippen molar-refractivity contribution in [2.45, 2.75) is 32.3 Å². The smallest absolute Gasteiger partial charge is 0.128 e. The molecule has 1 atom stereocenters. The zero-order valence-electron chi connectivity index (χ0n) is 10.8. The molecule has 0 saturated heterocycles. The minimum absolute atomic E-state index is 0.247. The summed E-state index contributed by atoms with van der Waals surface area (Å²) in [6.45, 7) is 4.30. The Kier molecular flexibility index (Phi) is 3.15. The normalized spacial score (nSPS) is 18.9. The minimum Gasteiger partial charge on any atom is -0.496 e. The Labute approximate surface area is 103 Å². The van der Waals surface area contributed by atoms with Crippen molar-refractivity contribution in [3.8, 4) is 5.75 Å². The molecule has 1 unspecified atom stereocenters. The molecule has 0 radical (unpaired) electrons. The average Bonchev–Trinajstić information content (AvgIpc) is 3.15. The second-order valence-electron chi connectivity index (χ2n) is 4.99. The van der Waals surface area contributed by atoms with E-state index in [0.717, 1.165) is 29.7 Å². The average molecular weight is 235 g/mol. The first-order chi connectivity index (χ1) is 8.04. The van der Waals surface area contributed by atoms with E-state index in [1.54, 1.807) is 7.11 Å². The Bertz CT molecular complexity index is 426. The molecule has 3 nitrogen and oxygen atoms in total. The third-order valence-electron chi connectivity index (χ3n) is 3.91. The summed E-state index contributed by atoms with van der Waals surface area (Å²) in [5, 5.41) is 10.8. The van der Waals surface area contributed by atoms with E-state index < -0.39 is 5.60 Å². The molecule has 3 heteroatoms. The lowest BCUT2D eigenvalue weighted by molar-refractivity contribution is 0.0199. The van der Waals surface area contributed by atoms with Gasteiger partial charge in [-0.3, -0.25) is 0 Å². The number of hydrogen-bond acceptors (Lipinski definition) is 3. The lowest BCUT2D eigenvalue weighted by atomic mass is 9.86. The van der Waals surface area contributed by atoms with Gasteiger partial charge in [-0.25, -0.2) is 0 Å². The summed E-state index contributed by atoms with van der Waals surface area (Å²) < 4.78 is 5.47. The van der Waals surface area contributed by atoms with Crippen LogP contribution in [0.1, 0.15) is 29.5 Å². The van der Waals surface area contributed by atoms with Crippen LogP contribution in [0.4, 0.5) is 0 Å². The summed E-state index contributed by atoms with van der Waals surface area (Å²) >= 11 is 0. The van der Waals surface area contributed by atoms with Crippen molar-refractivity contribution in [2.75, 3.05) is 13.7 Å². The highest BCUT2D eigenvalue weighted by Crippen LogP contribution is 2.48. The van der Waals surface area contributed by atoms with E-state index in [1.165, 1.54) is 5.56 Å². The summed E-state index contributed by atoms with van der Waals surface area (Å²) in [6, 6.07) is 3.97. The highest BCUT2D eigenvalue weighted by molar-refractivity contribution is 5.48. The maximum absolute atomic E-state index is 10.8. The van der Waals surface area contributed by atoms with Crippen LogP contribution in [0.25, 0.3) is 0 Å². The standard InChI is InChI=1S/C14H21NO2/c1-9-4-7-12(13(17-3)10(9)2)14(16,8-15)11-5-6-11/h4,7,11,16H,5-6,8,15H2,1-3H3. The Hall–Kier alpha value is -1.06. The summed E-state index contributed by atoms with van der Waals surface area (Å²) in [4.78, 5) is 0. The maximum Gasteiger partial charge on any atom is 0.128 e. The summed E-state index contributed by atoms with van der Waals surface area (Å²) in [5.74, 6) is 1.06. The Morgan fingerprint density at radius 1 is 1.41 bits per heavy atom. The van der Waals surface area contributed by atoms with Gasteiger partial charge in [0.1, 0.15) is 11.4 Å². The molecule has 3 N–H and O–H groups in total. The number of methoxy groups -OCH3 is 1. The van der Waals surface area contributed by atoms with Gasteiger partial charge in [0, 0.05) is 12.1 Å². The molecule has 1 saturated carbocycles.